The Balaban J connectivity index is 3.68. The third kappa shape index (κ3) is 1.90. The Bertz CT molecular complexity index is 385. The first-order valence-corrected chi connectivity index (χ1v) is 2.85. The standard InChI is InChI=1S/C8H8F2O/c1-8(9,10)6-2-4-7(11)5-3-6/h2-5,11H,1H3/i2D,3D,4D,5D. The molecule has 11 heavy (non-hydrogen) atoms. The summed E-state index contributed by atoms with van der Waals surface area (Å²) in [5.41, 5.74) is -1.00. The van der Waals surface area contributed by atoms with Crippen molar-refractivity contribution in [3.63, 3.8) is 0 Å². The molecule has 0 fully saturated rings. The fourth-order valence-electron chi connectivity index (χ4n) is 0.525. The molecule has 0 aliphatic heterocycles. The molecule has 0 amide bonds. The molecule has 0 aromatic heterocycles. The van der Waals surface area contributed by atoms with Crippen LogP contribution >= 0.6 is 0 Å². The number of benzene rings is 1. The molecule has 0 spiro atoms. The van der Waals surface area contributed by atoms with Gasteiger partial charge >= 0.3 is 0 Å². The van der Waals surface area contributed by atoms with E-state index >= 15 is 0 Å². The number of aromatic hydroxyl groups is 1. The number of halogens is 2. The third-order valence-electron chi connectivity index (χ3n) is 1.05. The van der Waals surface area contributed by atoms with Gasteiger partial charge in [-0.25, -0.2) is 8.78 Å². The Morgan fingerprint density at radius 3 is 2.18 bits per heavy atom. The van der Waals surface area contributed by atoms with Crippen LogP contribution in [0.15, 0.2) is 24.2 Å². The van der Waals surface area contributed by atoms with E-state index in [2.05, 4.69) is 0 Å². The van der Waals surface area contributed by atoms with E-state index < -0.39 is 41.4 Å². The predicted molar refractivity (Wildman–Crippen MR) is 37.7 cm³/mol. The van der Waals surface area contributed by atoms with E-state index in [0.29, 0.717) is 6.92 Å². The van der Waals surface area contributed by atoms with Gasteiger partial charge in [0.2, 0.25) is 0 Å². The first kappa shape index (κ1) is 4.04. The van der Waals surface area contributed by atoms with Gasteiger partial charge in [-0.15, -0.1) is 0 Å². The molecule has 0 saturated heterocycles. The highest BCUT2D eigenvalue weighted by Gasteiger charge is 2.23. The normalized spacial score (nSPS) is 16.6. The summed E-state index contributed by atoms with van der Waals surface area (Å²) < 4.78 is 54.6. The van der Waals surface area contributed by atoms with Crippen LogP contribution in [0.3, 0.4) is 0 Å². The van der Waals surface area contributed by atoms with Gasteiger partial charge < -0.3 is 5.11 Å². The SMILES string of the molecule is [2H]c1c([2H])c(C(C)(F)F)c([2H])c([2H])c1O. The first-order valence-electron chi connectivity index (χ1n) is 4.85. The molecule has 60 valence electrons. The fraction of sp³-hybridized carbons (Fsp3) is 0.250. The van der Waals surface area contributed by atoms with Crippen LogP contribution in [0.4, 0.5) is 8.78 Å². The predicted octanol–water partition coefficient (Wildman–Crippen LogP) is 2.50. The minimum absolute atomic E-state index is 0.480. The van der Waals surface area contributed by atoms with Gasteiger partial charge in [0, 0.05) is 12.5 Å². The van der Waals surface area contributed by atoms with Crippen molar-refractivity contribution in [2.45, 2.75) is 12.8 Å². The lowest BCUT2D eigenvalue weighted by Crippen LogP contribution is -2.05. The van der Waals surface area contributed by atoms with Gasteiger partial charge in [0.25, 0.3) is 5.92 Å². The molecule has 0 radical (unpaired) electrons. The van der Waals surface area contributed by atoms with Crippen molar-refractivity contribution < 1.29 is 19.4 Å². The molecule has 1 N–H and O–H groups in total. The van der Waals surface area contributed by atoms with E-state index in [-0.39, 0.29) is 0 Å². The Morgan fingerprint density at radius 1 is 1.36 bits per heavy atom. The minimum Gasteiger partial charge on any atom is -0.508 e. The Hall–Kier alpha value is -1.12. The van der Waals surface area contributed by atoms with Crippen molar-refractivity contribution in [3.05, 3.63) is 29.7 Å². The molecule has 1 aromatic rings. The van der Waals surface area contributed by atoms with E-state index in [0.717, 1.165) is 0 Å². The lowest BCUT2D eigenvalue weighted by atomic mass is 10.1. The molecule has 0 saturated carbocycles. The quantitative estimate of drug-likeness (QED) is 0.672. The highest BCUT2D eigenvalue weighted by Crippen LogP contribution is 2.27. The molecule has 0 unspecified atom stereocenters. The minimum atomic E-state index is -3.48. The van der Waals surface area contributed by atoms with Gasteiger partial charge in [0.15, 0.2) is 0 Å². The second-order valence-corrected chi connectivity index (χ2v) is 2.11. The second kappa shape index (κ2) is 2.49. The van der Waals surface area contributed by atoms with Gasteiger partial charge in [-0.2, -0.15) is 0 Å². The van der Waals surface area contributed by atoms with Crippen LogP contribution in [0, 0.1) is 0 Å². The van der Waals surface area contributed by atoms with Crippen LogP contribution in [0.25, 0.3) is 0 Å². The number of phenols is 1. The summed E-state index contributed by atoms with van der Waals surface area (Å²) >= 11 is 0. The smallest absolute Gasteiger partial charge is 0.270 e. The lowest BCUT2D eigenvalue weighted by Gasteiger charge is -2.09. The van der Waals surface area contributed by atoms with Crippen LogP contribution in [0.1, 0.15) is 18.0 Å². The van der Waals surface area contributed by atoms with Gasteiger partial charge in [-0.3, -0.25) is 0 Å². The molecule has 0 heterocycles. The molecule has 0 bridgehead atoms. The molecule has 0 aliphatic carbocycles. The maximum atomic E-state index is 13.0. The van der Waals surface area contributed by atoms with E-state index in [9.17, 15) is 8.78 Å². The highest BCUT2D eigenvalue weighted by atomic mass is 19.3. The lowest BCUT2D eigenvalue weighted by molar-refractivity contribution is 0.0174. The van der Waals surface area contributed by atoms with Crippen molar-refractivity contribution in [1.82, 2.24) is 0 Å². The van der Waals surface area contributed by atoms with Crippen molar-refractivity contribution in [3.8, 4) is 5.75 Å². The van der Waals surface area contributed by atoms with Gasteiger partial charge in [-0.05, 0) is 24.2 Å². The summed E-state index contributed by atoms with van der Waals surface area (Å²) in [5, 5.41) is 9.10. The molecule has 0 aliphatic rings. The van der Waals surface area contributed by atoms with Crippen LogP contribution in [0.5, 0.6) is 5.75 Å². The van der Waals surface area contributed by atoms with Gasteiger partial charge in [-0.1, -0.05) is 0 Å². The van der Waals surface area contributed by atoms with Crippen LogP contribution < -0.4 is 0 Å². The topological polar surface area (TPSA) is 20.2 Å². The summed E-state index contributed by atoms with van der Waals surface area (Å²) in [7, 11) is 0. The monoisotopic (exact) mass is 162 g/mol. The van der Waals surface area contributed by atoms with E-state index in [1.165, 1.54) is 0 Å². The molecule has 0 atom stereocenters. The summed E-state index contributed by atoms with van der Waals surface area (Å²) in [5.74, 6) is -4.40. The van der Waals surface area contributed by atoms with Crippen molar-refractivity contribution >= 4 is 0 Å². The number of hydrogen-bond acceptors (Lipinski definition) is 1. The Kier molecular flexibility index (Phi) is 0.916. The zero-order valence-corrected chi connectivity index (χ0v) is 5.70. The zero-order valence-electron chi connectivity index (χ0n) is 9.70. The Morgan fingerprint density at radius 2 is 1.82 bits per heavy atom. The van der Waals surface area contributed by atoms with Crippen molar-refractivity contribution in [2.75, 3.05) is 0 Å². The average Bonchev–Trinajstić information content (AvgIpc) is 2.09. The summed E-state index contributed by atoms with van der Waals surface area (Å²) in [6, 6.07) is -3.54. The number of rotatable bonds is 1. The van der Waals surface area contributed by atoms with Crippen molar-refractivity contribution in [2.24, 2.45) is 0 Å². The van der Waals surface area contributed by atoms with E-state index in [1.54, 1.807) is 0 Å². The molecule has 1 nitrogen and oxygen atoms in total. The summed E-state index contributed by atoms with van der Waals surface area (Å²) in [4.78, 5) is 0. The van der Waals surface area contributed by atoms with Gasteiger partial charge in [0.05, 0.1) is 5.48 Å². The second-order valence-electron chi connectivity index (χ2n) is 2.11. The highest BCUT2D eigenvalue weighted by molar-refractivity contribution is 5.28. The summed E-state index contributed by atoms with van der Waals surface area (Å²) in [6.45, 7) is 0.480. The molecule has 1 rings (SSSR count). The average molecular weight is 162 g/mol. The van der Waals surface area contributed by atoms with Crippen molar-refractivity contribution in [1.29, 1.82) is 0 Å². The number of hydrogen-bond donors (Lipinski definition) is 1. The molecule has 1 aromatic carbocycles. The van der Waals surface area contributed by atoms with Gasteiger partial charge in [0.1, 0.15) is 5.75 Å². The van der Waals surface area contributed by atoms with Crippen LogP contribution in [-0.2, 0) is 5.92 Å². The van der Waals surface area contributed by atoms with Crippen LogP contribution in [0.2, 0.25) is 0 Å². The maximum Gasteiger partial charge on any atom is 0.270 e. The summed E-state index contributed by atoms with van der Waals surface area (Å²) in [6.07, 6.45) is 0. The zero-order chi connectivity index (χ0) is 12.0. The largest absolute Gasteiger partial charge is 0.508 e. The molecule has 3 heteroatoms. The molecular formula is C8H8F2O. The number of alkyl halides is 2. The van der Waals surface area contributed by atoms with Crippen LogP contribution in [-0.4, -0.2) is 5.11 Å². The first-order chi connectivity index (χ1) is 6.68. The van der Waals surface area contributed by atoms with E-state index in [1.807, 2.05) is 0 Å². The fourth-order valence-corrected chi connectivity index (χ4v) is 0.525. The van der Waals surface area contributed by atoms with E-state index in [4.69, 9.17) is 10.6 Å². The number of phenolic OH excluding ortho intramolecular Hbond substituents is 1. The maximum absolute atomic E-state index is 13.0. The third-order valence-corrected chi connectivity index (χ3v) is 1.05. The Labute approximate surface area is 68.9 Å². The molecular weight excluding hydrogens is 150 g/mol.